The van der Waals surface area contributed by atoms with Gasteiger partial charge in [-0.25, -0.2) is 0 Å². The van der Waals surface area contributed by atoms with Crippen LogP contribution in [0.15, 0.2) is 35.4 Å². The number of ketones is 3. The van der Waals surface area contributed by atoms with Crippen LogP contribution in [0.5, 0.6) is 0 Å². The van der Waals surface area contributed by atoms with Gasteiger partial charge in [-0.2, -0.15) is 0 Å². The summed E-state index contributed by atoms with van der Waals surface area (Å²) < 4.78 is 0. The van der Waals surface area contributed by atoms with E-state index in [4.69, 9.17) is 0 Å². The number of rotatable bonds is 1. The molecule has 48 heavy (non-hydrogen) atoms. The lowest BCUT2D eigenvalue weighted by Crippen LogP contribution is -2.66. The van der Waals surface area contributed by atoms with Crippen molar-refractivity contribution in [1.82, 2.24) is 5.32 Å². The quantitative estimate of drug-likeness (QED) is 0.328. The Labute approximate surface area is 288 Å². The van der Waals surface area contributed by atoms with E-state index in [9.17, 15) is 19.2 Å². The third-order valence-electron chi connectivity index (χ3n) is 16.2. The molecule has 0 aromatic heterocycles. The van der Waals surface area contributed by atoms with Crippen LogP contribution in [0.1, 0.15) is 142 Å². The molecular weight excluding hydrogens is 594 g/mol. The molecule has 1 amide bonds. The molecular formula is C43H59NO4. The molecule has 1 N–H and O–H groups in total. The van der Waals surface area contributed by atoms with Crippen molar-refractivity contribution in [2.45, 2.75) is 133 Å². The minimum Gasteiger partial charge on any atom is -0.351 e. The van der Waals surface area contributed by atoms with Crippen molar-refractivity contribution >= 4 is 23.3 Å². The van der Waals surface area contributed by atoms with Crippen molar-refractivity contribution < 1.29 is 19.2 Å². The van der Waals surface area contributed by atoms with E-state index in [0.717, 1.165) is 56.1 Å². The van der Waals surface area contributed by atoms with Crippen molar-refractivity contribution in [3.8, 4) is 0 Å². The lowest BCUT2D eigenvalue weighted by atomic mass is 9.32. The number of nitrogens with one attached hydrogen (secondary N) is 1. The Hall–Kier alpha value is -2.56. The van der Waals surface area contributed by atoms with Gasteiger partial charge in [0.15, 0.2) is 11.6 Å². The second kappa shape index (κ2) is 10.7. The molecule has 10 rings (SSSR count). The highest BCUT2D eigenvalue weighted by molar-refractivity contribution is 6.07. The zero-order chi connectivity index (χ0) is 34.8. The first-order valence-corrected chi connectivity index (χ1v) is 19.1. The first-order valence-electron chi connectivity index (χ1n) is 19.1. The summed E-state index contributed by atoms with van der Waals surface area (Å²) in [7, 11) is 0. The monoisotopic (exact) mass is 653 g/mol. The van der Waals surface area contributed by atoms with Crippen LogP contribution in [0, 0.1) is 62.1 Å². The number of amides is 1. The van der Waals surface area contributed by atoms with Gasteiger partial charge in [0.25, 0.3) is 0 Å². The number of hydrogen-bond donors (Lipinski definition) is 1. The maximum Gasteiger partial charge on any atom is 0.231 e. The number of carbonyl (C=O) groups is 4. The van der Waals surface area contributed by atoms with E-state index in [1.165, 1.54) is 5.57 Å². The van der Waals surface area contributed by atoms with Crippen LogP contribution in [0.25, 0.3) is 0 Å². The molecule has 5 heteroatoms. The summed E-state index contributed by atoms with van der Waals surface area (Å²) in [6, 6.07) is 7.55. The smallest absolute Gasteiger partial charge is 0.231 e. The van der Waals surface area contributed by atoms with Crippen LogP contribution < -0.4 is 5.32 Å². The van der Waals surface area contributed by atoms with Gasteiger partial charge in [-0.3, -0.25) is 19.2 Å². The van der Waals surface area contributed by atoms with Gasteiger partial charge in [-0.1, -0.05) is 86.6 Å². The number of carbonyl (C=O) groups excluding carboxylic acids is 4. The molecule has 8 atom stereocenters. The van der Waals surface area contributed by atoms with Gasteiger partial charge in [-0.15, -0.1) is 0 Å². The zero-order valence-corrected chi connectivity index (χ0v) is 31.1. The SMILES string of the molecule is CC(C)C1=C2[C@@H]3CC[C@@H]4[C@]5(C)CCC6C(=O)CC(C)(C)C(=O)c7ccccc7CNC(=O)[C@]2(CC[C@@]3(C)[C@]4(C)CC[C@H]5C6(C)C)CC1=O. The zero-order valence-electron chi connectivity index (χ0n) is 31.1. The number of allylic oxidation sites excluding steroid dienone is 1. The van der Waals surface area contributed by atoms with Crippen LogP contribution in [-0.2, 0) is 20.9 Å². The normalized spacial score (nSPS) is 42.0. The van der Waals surface area contributed by atoms with Gasteiger partial charge in [0.05, 0.1) is 5.41 Å². The molecule has 0 radical (unpaired) electrons. The molecule has 4 fully saturated rings. The largest absolute Gasteiger partial charge is 0.351 e. The highest BCUT2D eigenvalue weighted by Gasteiger charge is 2.71. The van der Waals surface area contributed by atoms with Gasteiger partial charge >= 0.3 is 0 Å². The summed E-state index contributed by atoms with van der Waals surface area (Å²) >= 11 is 0. The number of fused-ring (bicyclic) bond motifs is 2. The molecule has 9 aliphatic rings. The molecule has 1 spiro atoms. The van der Waals surface area contributed by atoms with E-state index in [0.29, 0.717) is 23.8 Å². The average Bonchev–Trinajstić information content (AvgIpc) is 3.32. The average molecular weight is 654 g/mol. The third-order valence-corrected chi connectivity index (χ3v) is 16.2. The maximum atomic E-state index is 14.7. The van der Waals surface area contributed by atoms with Crippen LogP contribution in [0.3, 0.4) is 0 Å². The fraction of sp³-hybridized carbons (Fsp3) is 0.721. The second-order valence-electron chi connectivity index (χ2n) is 19.4. The number of Topliss-reactive ketones (excluding diaryl/α,β-unsaturated/α-hetero) is 3. The second-order valence-corrected chi connectivity index (χ2v) is 19.4. The minimum atomic E-state index is -0.868. The minimum absolute atomic E-state index is 0.0173. The van der Waals surface area contributed by atoms with Gasteiger partial charge in [0, 0.05) is 36.3 Å². The van der Waals surface area contributed by atoms with Crippen LogP contribution in [-0.4, -0.2) is 23.3 Å². The lowest BCUT2D eigenvalue weighted by molar-refractivity contribution is -0.220. The summed E-state index contributed by atoms with van der Waals surface area (Å²) in [6.45, 7) is 20.7. The maximum absolute atomic E-state index is 14.7. The summed E-state index contributed by atoms with van der Waals surface area (Å²) in [5.74, 6) is 1.45. The molecule has 1 aromatic carbocycles. The molecule has 8 bridgehead atoms. The van der Waals surface area contributed by atoms with Gasteiger partial charge in [-0.05, 0) is 113 Å². The number of hydrogen-bond acceptors (Lipinski definition) is 4. The molecule has 0 saturated heterocycles. The Kier molecular flexibility index (Phi) is 7.58. The van der Waals surface area contributed by atoms with E-state index in [1.54, 1.807) is 0 Å². The van der Waals surface area contributed by atoms with Crippen LogP contribution in [0.2, 0.25) is 0 Å². The van der Waals surface area contributed by atoms with Gasteiger partial charge in [0.1, 0.15) is 5.78 Å². The highest BCUT2D eigenvalue weighted by Crippen LogP contribution is 2.77. The molecule has 4 aliphatic heterocycles. The van der Waals surface area contributed by atoms with Crippen molar-refractivity contribution in [2.24, 2.45) is 62.1 Å². The summed E-state index contributed by atoms with van der Waals surface area (Å²) in [5, 5.41) is 3.29. The molecule has 1 aromatic rings. The Morgan fingerprint density at radius 3 is 2.15 bits per heavy atom. The highest BCUT2D eigenvalue weighted by atomic mass is 16.2. The predicted molar refractivity (Wildman–Crippen MR) is 189 cm³/mol. The van der Waals surface area contributed by atoms with E-state index in [2.05, 4.69) is 53.8 Å². The summed E-state index contributed by atoms with van der Waals surface area (Å²) in [5.41, 5.74) is 1.75. The molecule has 260 valence electrons. The van der Waals surface area contributed by atoms with Crippen molar-refractivity contribution in [1.29, 1.82) is 0 Å². The first kappa shape index (κ1) is 33.9. The molecule has 4 heterocycles. The fourth-order valence-corrected chi connectivity index (χ4v) is 13.7. The van der Waals surface area contributed by atoms with E-state index in [1.807, 2.05) is 38.1 Å². The molecule has 1 unspecified atom stereocenters. The van der Waals surface area contributed by atoms with E-state index >= 15 is 0 Å². The third kappa shape index (κ3) is 4.33. The molecule has 5 nitrogen and oxygen atoms in total. The standard InChI is InChI=1S/C43H59NO4/c1-25(2)34-31(46)23-43-21-20-41(8)29(35(34)43)14-15-33-40(7)18-16-28(39(5,6)32(40)17-19-42(33,41)9)30(45)22-38(3,4)36(47)27-13-11-10-12-26(27)24-44-37(43)48/h10-13,25,28-29,32-33H,14-24H2,1-9H3,(H,44,48)/t28?,29-,32-,33+,40+,41+,42+,43+/m0/s1. The van der Waals surface area contributed by atoms with Crippen molar-refractivity contribution in [2.75, 3.05) is 0 Å². The molecule has 5 aliphatic carbocycles. The van der Waals surface area contributed by atoms with Gasteiger partial charge < -0.3 is 5.32 Å². The first-order chi connectivity index (χ1) is 22.3. The Bertz CT molecular complexity index is 1630. The van der Waals surface area contributed by atoms with Crippen LogP contribution >= 0.6 is 0 Å². The fourth-order valence-electron chi connectivity index (χ4n) is 13.7. The Morgan fingerprint density at radius 2 is 1.44 bits per heavy atom. The summed E-state index contributed by atoms with van der Waals surface area (Å²) in [6.07, 6.45) is 8.38. The topological polar surface area (TPSA) is 80.3 Å². The summed E-state index contributed by atoms with van der Waals surface area (Å²) in [4.78, 5) is 57.4. The van der Waals surface area contributed by atoms with E-state index in [-0.39, 0.29) is 82.1 Å². The predicted octanol–water partition coefficient (Wildman–Crippen LogP) is 9.08. The van der Waals surface area contributed by atoms with Crippen molar-refractivity contribution in [3.63, 3.8) is 0 Å². The molecule has 4 saturated carbocycles. The van der Waals surface area contributed by atoms with Gasteiger partial charge in [0.2, 0.25) is 5.91 Å². The lowest BCUT2D eigenvalue weighted by Gasteiger charge is -2.72. The Morgan fingerprint density at radius 1 is 0.729 bits per heavy atom. The van der Waals surface area contributed by atoms with Crippen molar-refractivity contribution in [3.05, 3.63) is 46.5 Å². The Balaban J connectivity index is 1.41. The number of benzene rings is 1. The van der Waals surface area contributed by atoms with Crippen LogP contribution in [0.4, 0.5) is 0 Å². The van der Waals surface area contributed by atoms with E-state index < -0.39 is 10.8 Å².